The molecule has 7 heteroatoms. The molecule has 0 bridgehead atoms. The van der Waals surface area contributed by atoms with Gasteiger partial charge in [-0.25, -0.2) is 4.98 Å². The molecular formula is C20H18AsN3O2S. The van der Waals surface area contributed by atoms with Crippen molar-refractivity contribution < 1.29 is 9.15 Å². The van der Waals surface area contributed by atoms with E-state index in [0.717, 1.165) is 45.8 Å². The average Bonchev–Trinajstić information content (AvgIpc) is 3.27. The van der Waals surface area contributed by atoms with Gasteiger partial charge in [-0.05, 0) is 12.1 Å². The zero-order valence-corrected chi connectivity index (χ0v) is 17.4. The first-order chi connectivity index (χ1) is 13.2. The van der Waals surface area contributed by atoms with Crippen molar-refractivity contribution in [1.82, 2.24) is 14.9 Å². The maximum absolute atomic E-state index is 5.94. The summed E-state index contributed by atoms with van der Waals surface area (Å²) in [6, 6.07) is 9.90. The Bertz CT molecular complexity index is 1050. The molecule has 1 aliphatic heterocycles. The van der Waals surface area contributed by atoms with Crippen LogP contribution in [0.15, 0.2) is 47.2 Å². The second-order valence-electron chi connectivity index (χ2n) is 6.83. The summed E-state index contributed by atoms with van der Waals surface area (Å²) in [6.45, 7) is 3.24. The summed E-state index contributed by atoms with van der Waals surface area (Å²) in [6.07, 6.45) is 6.13. The molecule has 1 aromatic carbocycles. The molecule has 0 spiro atoms. The van der Waals surface area contributed by atoms with Crippen molar-refractivity contribution in [2.45, 2.75) is 24.1 Å². The van der Waals surface area contributed by atoms with Crippen molar-refractivity contribution in [1.29, 1.82) is 0 Å². The number of nitrogens with zero attached hydrogens (tertiary/aromatic N) is 3. The van der Waals surface area contributed by atoms with E-state index in [4.69, 9.17) is 9.15 Å². The third-order valence-corrected chi connectivity index (χ3v) is 6.90. The average molecular weight is 439 g/mol. The number of hydrogen-bond donors (Lipinski definition) is 0. The Kier molecular flexibility index (Phi) is 4.64. The molecule has 5 nitrogen and oxygen atoms in total. The molecular weight excluding hydrogens is 421 g/mol. The molecule has 1 aliphatic rings. The van der Waals surface area contributed by atoms with Crippen LogP contribution in [0, 0.1) is 0 Å². The van der Waals surface area contributed by atoms with Crippen LogP contribution < -0.4 is 4.74 Å². The van der Waals surface area contributed by atoms with E-state index in [1.54, 1.807) is 6.20 Å². The molecule has 1 fully saturated rings. The van der Waals surface area contributed by atoms with Gasteiger partial charge in [-0.15, -0.1) is 0 Å². The Morgan fingerprint density at radius 1 is 1.26 bits per heavy atom. The van der Waals surface area contributed by atoms with Crippen LogP contribution in [0.4, 0.5) is 0 Å². The number of benzene rings is 1. The minimum absolute atomic E-state index is 0.593. The van der Waals surface area contributed by atoms with Crippen molar-refractivity contribution >= 4 is 49.5 Å². The number of piperidine rings is 1. The molecule has 136 valence electrons. The van der Waals surface area contributed by atoms with Gasteiger partial charge in [0.1, 0.15) is 0 Å². The van der Waals surface area contributed by atoms with Crippen molar-refractivity contribution in [2.24, 2.45) is 0 Å². The fourth-order valence-corrected chi connectivity index (χ4v) is 4.74. The van der Waals surface area contributed by atoms with Gasteiger partial charge in [-0.3, -0.25) is 0 Å². The molecule has 3 aromatic heterocycles. The molecule has 5 rings (SSSR count). The number of fused-ring (bicyclic) bond motifs is 2. The number of aromatic nitrogens is 2. The van der Waals surface area contributed by atoms with Crippen LogP contribution in [0.25, 0.3) is 21.3 Å². The van der Waals surface area contributed by atoms with Crippen LogP contribution >= 0.6 is 11.3 Å². The van der Waals surface area contributed by atoms with Gasteiger partial charge >= 0.3 is 120 Å². The summed E-state index contributed by atoms with van der Waals surface area (Å²) in [5.74, 6) is 0.729. The summed E-state index contributed by atoms with van der Waals surface area (Å²) in [4.78, 5) is 11.2. The molecule has 4 aromatic rings. The van der Waals surface area contributed by atoms with E-state index in [1.165, 1.54) is 29.7 Å². The fourth-order valence-electron chi connectivity index (χ4n) is 3.46. The predicted molar refractivity (Wildman–Crippen MR) is 108 cm³/mol. The van der Waals surface area contributed by atoms with Gasteiger partial charge in [0.05, 0.1) is 4.70 Å². The minimum atomic E-state index is 0.593. The van der Waals surface area contributed by atoms with Gasteiger partial charge < -0.3 is 0 Å². The molecule has 0 N–H and O–H groups in total. The SMILES string of the molecule is [As]C1CCN(Cc2coc3cc(Oc4nc5ncccc5s4)ccc23)CC1. The number of hydrogen-bond acceptors (Lipinski definition) is 6. The number of thiazole rings is 1. The molecule has 4 heterocycles. The standard InChI is InChI=1S/C20H18AsN3O2S/c21-14-5-8-24(9-6-14)11-13-12-25-17-10-15(3-4-16(13)17)26-20-23-19-18(27-20)2-1-7-22-19/h1-4,7,10,12,14H,5-6,8-9,11H2. The Morgan fingerprint density at radius 3 is 3.00 bits per heavy atom. The molecule has 0 saturated carbocycles. The maximum atomic E-state index is 5.94. The van der Waals surface area contributed by atoms with E-state index in [-0.39, 0.29) is 0 Å². The first-order valence-electron chi connectivity index (χ1n) is 9.04. The van der Waals surface area contributed by atoms with E-state index in [1.807, 2.05) is 30.5 Å². The van der Waals surface area contributed by atoms with Gasteiger partial charge in [-0.1, -0.05) is 11.3 Å². The van der Waals surface area contributed by atoms with E-state index in [9.17, 15) is 0 Å². The predicted octanol–water partition coefficient (Wildman–Crippen LogP) is 4.78. The Balaban J connectivity index is 1.35. The van der Waals surface area contributed by atoms with Crippen LogP contribution in [-0.4, -0.2) is 44.8 Å². The van der Waals surface area contributed by atoms with E-state index >= 15 is 0 Å². The first kappa shape index (κ1) is 17.2. The summed E-state index contributed by atoms with van der Waals surface area (Å²) in [5, 5.41) is 1.75. The number of likely N-dealkylation sites (tertiary alicyclic amines) is 1. The van der Waals surface area contributed by atoms with Crippen LogP contribution in [0.3, 0.4) is 0 Å². The monoisotopic (exact) mass is 439 g/mol. The van der Waals surface area contributed by atoms with E-state index < -0.39 is 0 Å². The van der Waals surface area contributed by atoms with Crippen molar-refractivity contribution in [3.63, 3.8) is 0 Å². The third-order valence-electron chi connectivity index (χ3n) is 4.93. The van der Waals surface area contributed by atoms with Crippen LogP contribution in [-0.2, 0) is 6.54 Å². The van der Waals surface area contributed by atoms with Crippen molar-refractivity contribution in [3.8, 4) is 10.9 Å². The van der Waals surface area contributed by atoms with Crippen LogP contribution in [0.1, 0.15) is 18.4 Å². The summed E-state index contributed by atoms with van der Waals surface area (Å²) < 4.78 is 13.5. The Hall–Kier alpha value is -1.88. The zero-order chi connectivity index (χ0) is 18.2. The molecule has 0 amide bonds. The van der Waals surface area contributed by atoms with E-state index in [0.29, 0.717) is 10.8 Å². The van der Waals surface area contributed by atoms with Crippen molar-refractivity contribution in [2.75, 3.05) is 13.1 Å². The number of rotatable bonds is 4. The molecule has 1 saturated heterocycles. The number of furan rings is 1. The van der Waals surface area contributed by atoms with Crippen LogP contribution in [0.2, 0.25) is 4.71 Å². The third kappa shape index (κ3) is 3.62. The molecule has 2 radical (unpaired) electrons. The van der Waals surface area contributed by atoms with E-state index in [2.05, 4.69) is 37.8 Å². The summed E-state index contributed by atoms with van der Waals surface area (Å²) >= 11 is 4.29. The van der Waals surface area contributed by atoms with Crippen LogP contribution in [0.5, 0.6) is 10.9 Å². The fraction of sp³-hybridized carbons (Fsp3) is 0.300. The molecule has 27 heavy (non-hydrogen) atoms. The molecule has 0 unspecified atom stereocenters. The first-order valence-corrected chi connectivity index (χ1v) is 10.9. The Labute approximate surface area is 169 Å². The second kappa shape index (κ2) is 7.27. The van der Waals surface area contributed by atoms with Gasteiger partial charge in [0, 0.05) is 6.20 Å². The Morgan fingerprint density at radius 2 is 2.15 bits per heavy atom. The summed E-state index contributed by atoms with van der Waals surface area (Å²) in [7, 11) is 0. The zero-order valence-electron chi connectivity index (χ0n) is 14.7. The van der Waals surface area contributed by atoms with Gasteiger partial charge in [0.15, 0.2) is 5.65 Å². The normalized spacial score (nSPS) is 16.3. The van der Waals surface area contributed by atoms with Crippen molar-refractivity contribution in [3.05, 3.63) is 48.4 Å². The molecule has 0 atom stereocenters. The quantitative estimate of drug-likeness (QED) is 0.429. The second-order valence-corrected chi connectivity index (χ2v) is 9.36. The van der Waals surface area contributed by atoms with Gasteiger partial charge in [0.25, 0.3) is 0 Å². The molecule has 0 aliphatic carbocycles. The topological polar surface area (TPSA) is 51.4 Å². The van der Waals surface area contributed by atoms with Gasteiger partial charge in [0.2, 0.25) is 0 Å². The van der Waals surface area contributed by atoms with Gasteiger partial charge in [-0.2, -0.15) is 4.98 Å². The number of ether oxygens (including phenoxy) is 1. The summed E-state index contributed by atoms with van der Waals surface area (Å²) in [5.41, 5.74) is 2.81. The number of pyridine rings is 1.